The summed E-state index contributed by atoms with van der Waals surface area (Å²) in [6.45, 7) is -0.0440. The highest BCUT2D eigenvalue weighted by Gasteiger charge is 2.21. The number of halogens is 2. The van der Waals surface area contributed by atoms with Crippen LogP contribution in [0.25, 0.3) is 10.9 Å². The quantitative estimate of drug-likeness (QED) is 0.242. The van der Waals surface area contributed by atoms with Crippen LogP contribution in [0.5, 0.6) is 5.75 Å². The van der Waals surface area contributed by atoms with Crippen LogP contribution in [0.2, 0.25) is 5.02 Å². The first-order chi connectivity index (χ1) is 19.0. The molecule has 0 bridgehead atoms. The summed E-state index contributed by atoms with van der Waals surface area (Å²) in [6.07, 6.45) is 2.32. The number of rotatable bonds is 11. The number of amides is 2. The third-order valence-corrected chi connectivity index (χ3v) is 6.86. The molecule has 0 saturated carbocycles. The Labute approximate surface area is 234 Å². The van der Waals surface area contributed by atoms with Crippen molar-refractivity contribution in [3.05, 3.63) is 89.0 Å². The summed E-state index contributed by atoms with van der Waals surface area (Å²) in [6, 6.07) is 16.1. The van der Waals surface area contributed by atoms with Gasteiger partial charge < -0.3 is 21.1 Å². The maximum atomic E-state index is 13.4. The van der Waals surface area contributed by atoms with Gasteiger partial charge in [-0.3, -0.25) is 9.59 Å². The van der Waals surface area contributed by atoms with E-state index < -0.39 is 33.3 Å². The predicted molar refractivity (Wildman–Crippen MR) is 150 cm³/mol. The Morgan fingerprint density at radius 2 is 1.90 bits per heavy atom. The number of nitrogens with two attached hydrogens (primary N) is 1. The van der Waals surface area contributed by atoms with Crippen molar-refractivity contribution in [2.45, 2.75) is 12.5 Å². The number of fused-ring (bicyclic) bond motifs is 1. The molecule has 0 fully saturated rings. The number of nitrogens with one attached hydrogen (secondary N) is 2. The fourth-order valence-corrected chi connectivity index (χ4v) is 4.71. The molecule has 10 nitrogen and oxygen atoms in total. The molecular weight excluding hydrogens is 561 g/mol. The average Bonchev–Trinajstić information content (AvgIpc) is 2.87. The van der Waals surface area contributed by atoms with Crippen molar-refractivity contribution < 1.29 is 27.1 Å². The third-order valence-electron chi connectivity index (χ3n) is 5.78. The van der Waals surface area contributed by atoms with Gasteiger partial charge in [0, 0.05) is 23.9 Å². The molecule has 0 aliphatic heterocycles. The van der Waals surface area contributed by atoms with Gasteiger partial charge in [0.2, 0.25) is 11.8 Å². The minimum absolute atomic E-state index is 0.138. The molecule has 208 valence electrons. The molecule has 3 aromatic carbocycles. The molecule has 0 aliphatic carbocycles. The van der Waals surface area contributed by atoms with Gasteiger partial charge in [-0.15, -0.1) is 0 Å². The van der Waals surface area contributed by atoms with E-state index >= 15 is 0 Å². The molecule has 0 radical (unpaired) electrons. The van der Waals surface area contributed by atoms with Gasteiger partial charge in [0.15, 0.2) is 9.84 Å². The number of hydrogen-bond acceptors (Lipinski definition) is 8. The van der Waals surface area contributed by atoms with Crippen molar-refractivity contribution in [1.29, 1.82) is 0 Å². The Morgan fingerprint density at radius 1 is 1.10 bits per heavy atom. The molecule has 40 heavy (non-hydrogen) atoms. The molecule has 13 heteroatoms. The molecule has 1 atom stereocenters. The smallest absolute Gasteiger partial charge is 0.235 e. The summed E-state index contributed by atoms with van der Waals surface area (Å²) >= 11 is 6.42. The first-order valence-corrected chi connectivity index (χ1v) is 14.3. The molecule has 0 spiro atoms. The number of aromatic nitrogens is 2. The number of ether oxygens (including phenoxy) is 1. The Bertz CT molecular complexity index is 1690. The Balaban J connectivity index is 1.53. The lowest BCUT2D eigenvalue weighted by molar-refractivity contribution is -0.120. The van der Waals surface area contributed by atoms with Gasteiger partial charge in [0.1, 0.15) is 36.1 Å². The minimum atomic E-state index is -3.53. The standard InChI is InChI=1S/C27H25ClFN5O5S/c1-40(37,38)14-25(35)31-12-21(26(30)36)17-5-7-23-20(10-17)27(33-15-32-23)34-19-6-8-24(22(28)11-19)39-13-16-3-2-4-18(29)9-16/h2-11,15,21H,12-14H2,1H3,(H2,30,36)(H,31,35)(H,32,33,34). The van der Waals surface area contributed by atoms with Crippen molar-refractivity contribution >= 4 is 55.7 Å². The normalized spacial score (nSPS) is 12.1. The van der Waals surface area contributed by atoms with E-state index in [1.54, 1.807) is 48.5 Å². The van der Waals surface area contributed by atoms with Gasteiger partial charge in [-0.05, 0) is 53.6 Å². The lowest BCUT2D eigenvalue weighted by Crippen LogP contribution is -2.37. The molecule has 0 saturated heterocycles. The van der Waals surface area contributed by atoms with Crippen LogP contribution in [0.15, 0.2) is 67.0 Å². The third kappa shape index (κ3) is 7.64. The number of sulfone groups is 1. The Hall–Kier alpha value is -4.29. The van der Waals surface area contributed by atoms with Gasteiger partial charge in [-0.1, -0.05) is 29.8 Å². The predicted octanol–water partition coefficient (Wildman–Crippen LogP) is 3.47. The fourth-order valence-electron chi connectivity index (χ4n) is 3.90. The van der Waals surface area contributed by atoms with Crippen LogP contribution >= 0.6 is 11.6 Å². The van der Waals surface area contributed by atoms with Crippen molar-refractivity contribution in [3.63, 3.8) is 0 Å². The van der Waals surface area contributed by atoms with Crippen molar-refractivity contribution in [2.75, 3.05) is 23.9 Å². The minimum Gasteiger partial charge on any atom is -0.487 e. The van der Waals surface area contributed by atoms with Gasteiger partial charge in [-0.25, -0.2) is 22.8 Å². The number of benzene rings is 3. The van der Waals surface area contributed by atoms with Crippen LogP contribution in [-0.4, -0.2) is 48.8 Å². The molecule has 1 unspecified atom stereocenters. The highest BCUT2D eigenvalue weighted by atomic mass is 35.5. The SMILES string of the molecule is CS(=O)(=O)CC(=O)NCC(C(N)=O)c1ccc2ncnc(Nc3ccc(OCc4cccc(F)c4)c(Cl)c3)c2c1. The number of carbonyl (C=O) groups excluding carboxylic acids is 2. The second-order valence-electron chi connectivity index (χ2n) is 9.02. The topological polar surface area (TPSA) is 153 Å². The average molecular weight is 586 g/mol. The largest absolute Gasteiger partial charge is 0.487 e. The van der Waals surface area contributed by atoms with E-state index in [1.807, 2.05) is 0 Å². The van der Waals surface area contributed by atoms with Gasteiger partial charge >= 0.3 is 0 Å². The first-order valence-electron chi connectivity index (χ1n) is 11.9. The summed E-state index contributed by atoms with van der Waals surface area (Å²) in [5.41, 5.74) is 7.89. The van der Waals surface area contributed by atoms with Crippen LogP contribution < -0.4 is 21.1 Å². The number of anilines is 2. The number of nitrogens with zero attached hydrogens (tertiary/aromatic N) is 2. The lowest BCUT2D eigenvalue weighted by Gasteiger charge is -2.16. The second kappa shape index (κ2) is 12.3. The van der Waals surface area contributed by atoms with Crippen molar-refractivity contribution in [3.8, 4) is 5.75 Å². The molecule has 4 N–H and O–H groups in total. The van der Waals surface area contributed by atoms with Crippen molar-refractivity contribution in [1.82, 2.24) is 15.3 Å². The molecular formula is C27H25ClFN5O5S. The lowest BCUT2D eigenvalue weighted by atomic mass is 9.96. The van der Waals surface area contributed by atoms with Gasteiger partial charge in [-0.2, -0.15) is 0 Å². The highest BCUT2D eigenvalue weighted by molar-refractivity contribution is 7.91. The van der Waals surface area contributed by atoms with E-state index in [4.69, 9.17) is 22.1 Å². The summed E-state index contributed by atoms with van der Waals surface area (Å²) in [4.78, 5) is 32.7. The van der Waals surface area contributed by atoms with E-state index in [0.29, 0.717) is 44.3 Å². The zero-order chi connectivity index (χ0) is 28.9. The number of hydrogen-bond donors (Lipinski definition) is 3. The fraction of sp³-hybridized carbons (Fsp3) is 0.185. The molecule has 0 aliphatic rings. The maximum absolute atomic E-state index is 13.4. The second-order valence-corrected chi connectivity index (χ2v) is 11.6. The monoisotopic (exact) mass is 585 g/mol. The summed E-state index contributed by atoms with van der Waals surface area (Å²) in [5.74, 6) is -2.59. The van der Waals surface area contributed by atoms with E-state index in [1.165, 1.54) is 18.5 Å². The Kier molecular flexibility index (Phi) is 8.80. The van der Waals surface area contributed by atoms with Gasteiger partial charge in [0.05, 0.1) is 16.5 Å². The van der Waals surface area contributed by atoms with Crippen LogP contribution in [0, 0.1) is 5.82 Å². The summed E-state index contributed by atoms with van der Waals surface area (Å²) < 4.78 is 41.9. The van der Waals surface area contributed by atoms with Gasteiger partial charge in [0.25, 0.3) is 0 Å². The number of carbonyl (C=O) groups is 2. The van der Waals surface area contributed by atoms with E-state index in [9.17, 15) is 22.4 Å². The van der Waals surface area contributed by atoms with E-state index in [0.717, 1.165) is 6.26 Å². The zero-order valence-electron chi connectivity index (χ0n) is 21.2. The van der Waals surface area contributed by atoms with Crippen LogP contribution in [0.4, 0.5) is 15.9 Å². The van der Waals surface area contributed by atoms with Crippen LogP contribution in [-0.2, 0) is 26.0 Å². The van der Waals surface area contributed by atoms with E-state index in [-0.39, 0.29) is 19.0 Å². The molecule has 4 aromatic rings. The van der Waals surface area contributed by atoms with Crippen molar-refractivity contribution in [2.24, 2.45) is 5.73 Å². The van der Waals surface area contributed by atoms with Crippen LogP contribution in [0.1, 0.15) is 17.0 Å². The maximum Gasteiger partial charge on any atom is 0.235 e. The number of primary amides is 1. The highest BCUT2D eigenvalue weighted by Crippen LogP contribution is 2.32. The summed E-state index contributed by atoms with van der Waals surface area (Å²) in [5, 5.41) is 6.50. The zero-order valence-corrected chi connectivity index (χ0v) is 22.8. The molecule has 4 rings (SSSR count). The first kappa shape index (κ1) is 28.7. The molecule has 1 aromatic heterocycles. The summed E-state index contributed by atoms with van der Waals surface area (Å²) in [7, 11) is -3.53. The van der Waals surface area contributed by atoms with Crippen LogP contribution in [0.3, 0.4) is 0 Å². The molecule has 1 heterocycles. The Morgan fingerprint density at radius 3 is 2.60 bits per heavy atom. The molecule has 2 amide bonds. The van der Waals surface area contributed by atoms with E-state index in [2.05, 4.69) is 20.6 Å².